The third kappa shape index (κ3) is 2.08. The summed E-state index contributed by atoms with van der Waals surface area (Å²) in [6.45, 7) is 0. The van der Waals surface area contributed by atoms with Crippen molar-refractivity contribution in [2.45, 2.75) is 0 Å². The van der Waals surface area contributed by atoms with E-state index in [1.807, 2.05) is 0 Å². The van der Waals surface area contributed by atoms with Crippen LogP contribution in [0.25, 0.3) is 0 Å². The molecule has 0 bridgehead atoms. The monoisotopic (exact) mass is 230 g/mol. The predicted octanol–water partition coefficient (Wildman–Crippen LogP) is 1.43. The summed E-state index contributed by atoms with van der Waals surface area (Å²) in [5, 5.41) is 0. The molecule has 0 aliphatic rings. The third-order valence-corrected chi connectivity index (χ3v) is 2.33. The Morgan fingerprint density at radius 3 is 2.76 bits per heavy atom. The second-order valence-corrected chi connectivity index (χ2v) is 3.34. The van der Waals surface area contributed by atoms with Gasteiger partial charge in [0.2, 0.25) is 0 Å². The van der Waals surface area contributed by atoms with Crippen LogP contribution in [0.4, 0.5) is 0 Å². The number of hydrogen-bond acceptors (Lipinski definition) is 4. The first-order valence-electron chi connectivity index (χ1n) is 4.94. The molecule has 2 aromatic heterocycles. The summed E-state index contributed by atoms with van der Waals surface area (Å²) in [6.07, 6.45) is 6.01. The minimum absolute atomic E-state index is 0.216. The van der Waals surface area contributed by atoms with Gasteiger partial charge in [0.15, 0.2) is 5.78 Å². The summed E-state index contributed by atoms with van der Waals surface area (Å²) >= 11 is 0. The molecule has 0 amide bonds. The second-order valence-electron chi connectivity index (χ2n) is 3.34. The normalized spacial score (nSPS) is 9.94. The van der Waals surface area contributed by atoms with Crippen LogP contribution in [-0.2, 0) is 4.74 Å². The fraction of sp³-hybridized carbons (Fsp3) is 0.0833. The van der Waals surface area contributed by atoms with Gasteiger partial charge in [0.05, 0.1) is 18.2 Å². The van der Waals surface area contributed by atoms with E-state index in [4.69, 9.17) is 0 Å². The second kappa shape index (κ2) is 4.61. The van der Waals surface area contributed by atoms with E-state index in [9.17, 15) is 9.59 Å². The van der Waals surface area contributed by atoms with E-state index < -0.39 is 5.97 Å². The number of nitrogens with zero attached hydrogens (tertiary/aromatic N) is 1. The number of H-pyrrole nitrogens is 1. The summed E-state index contributed by atoms with van der Waals surface area (Å²) in [5.41, 5.74) is 0.927. The molecule has 0 spiro atoms. The number of carbonyl (C=O) groups is 2. The minimum Gasteiger partial charge on any atom is -0.465 e. The molecular formula is C12H10N2O3. The molecule has 0 saturated heterocycles. The number of pyridine rings is 1. The number of ether oxygens (including phenoxy) is 1. The van der Waals surface area contributed by atoms with Crippen LogP contribution in [0.1, 0.15) is 26.3 Å². The van der Waals surface area contributed by atoms with Gasteiger partial charge >= 0.3 is 5.97 Å². The van der Waals surface area contributed by atoms with Crippen molar-refractivity contribution in [1.82, 2.24) is 9.97 Å². The first-order chi connectivity index (χ1) is 8.24. The van der Waals surface area contributed by atoms with E-state index in [0.717, 1.165) is 0 Å². The van der Waals surface area contributed by atoms with Gasteiger partial charge in [-0.05, 0) is 12.1 Å². The van der Waals surface area contributed by atoms with E-state index in [1.165, 1.54) is 25.6 Å². The Balaban J connectivity index is 2.45. The van der Waals surface area contributed by atoms with Gasteiger partial charge in [-0.15, -0.1) is 0 Å². The smallest absolute Gasteiger partial charge is 0.338 e. The topological polar surface area (TPSA) is 72.0 Å². The summed E-state index contributed by atoms with van der Waals surface area (Å²) in [5.74, 6) is -0.814. The molecule has 86 valence electrons. The Hall–Kier alpha value is -2.43. The number of esters is 1. The Morgan fingerprint density at radius 1 is 1.29 bits per heavy atom. The Kier molecular flexibility index (Phi) is 3.00. The quantitative estimate of drug-likeness (QED) is 0.639. The molecule has 0 fully saturated rings. The molecule has 5 nitrogen and oxygen atoms in total. The minimum atomic E-state index is -0.550. The highest BCUT2D eigenvalue weighted by atomic mass is 16.5. The summed E-state index contributed by atoms with van der Waals surface area (Å²) in [6, 6.07) is 3.10. The van der Waals surface area contributed by atoms with Gasteiger partial charge in [0.25, 0.3) is 0 Å². The van der Waals surface area contributed by atoms with Gasteiger partial charge in [-0.2, -0.15) is 0 Å². The Morgan fingerprint density at radius 2 is 2.12 bits per heavy atom. The SMILES string of the molecule is COC(=O)c1ccncc1C(=O)c1cc[nH]c1. The van der Waals surface area contributed by atoms with Gasteiger partial charge in [-0.25, -0.2) is 4.79 Å². The number of hydrogen-bond donors (Lipinski definition) is 1. The van der Waals surface area contributed by atoms with Crippen LogP contribution in [0.2, 0.25) is 0 Å². The zero-order chi connectivity index (χ0) is 12.3. The van der Waals surface area contributed by atoms with Crippen LogP contribution < -0.4 is 0 Å². The standard InChI is InChI=1S/C12H10N2O3/c1-17-12(16)9-3-5-14-7-10(9)11(15)8-2-4-13-6-8/h2-7,13H,1H3. The molecule has 17 heavy (non-hydrogen) atoms. The molecule has 0 aliphatic heterocycles. The van der Waals surface area contributed by atoms with Gasteiger partial charge in [-0.3, -0.25) is 9.78 Å². The van der Waals surface area contributed by atoms with Crippen molar-refractivity contribution in [2.75, 3.05) is 7.11 Å². The lowest BCUT2D eigenvalue weighted by Crippen LogP contribution is -2.11. The van der Waals surface area contributed by atoms with Crippen LogP contribution in [0, 0.1) is 0 Å². The van der Waals surface area contributed by atoms with E-state index >= 15 is 0 Å². The first-order valence-corrected chi connectivity index (χ1v) is 4.94. The largest absolute Gasteiger partial charge is 0.465 e. The maximum atomic E-state index is 12.1. The van der Waals surface area contributed by atoms with Crippen molar-refractivity contribution >= 4 is 11.8 Å². The number of ketones is 1. The van der Waals surface area contributed by atoms with Crippen LogP contribution >= 0.6 is 0 Å². The highest BCUT2D eigenvalue weighted by Gasteiger charge is 2.18. The molecule has 0 aromatic carbocycles. The highest BCUT2D eigenvalue weighted by molar-refractivity contribution is 6.14. The molecule has 0 radical (unpaired) electrons. The van der Waals surface area contributed by atoms with E-state index in [0.29, 0.717) is 5.56 Å². The van der Waals surface area contributed by atoms with Crippen molar-refractivity contribution < 1.29 is 14.3 Å². The molecule has 0 aliphatic carbocycles. The number of nitrogens with one attached hydrogen (secondary N) is 1. The maximum absolute atomic E-state index is 12.1. The van der Waals surface area contributed by atoms with Crippen molar-refractivity contribution in [3.63, 3.8) is 0 Å². The van der Waals surface area contributed by atoms with Gasteiger partial charge in [-0.1, -0.05) is 0 Å². The van der Waals surface area contributed by atoms with Crippen molar-refractivity contribution in [3.8, 4) is 0 Å². The van der Waals surface area contributed by atoms with E-state index in [-0.39, 0.29) is 16.9 Å². The molecular weight excluding hydrogens is 220 g/mol. The number of methoxy groups -OCH3 is 1. The molecule has 2 aromatic rings. The van der Waals surface area contributed by atoms with E-state index in [2.05, 4.69) is 14.7 Å². The van der Waals surface area contributed by atoms with Crippen LogP contribution in [0.5, 0.6) is 0 Å². The first kappa shape index (κ1) is 11.1. The van der Waals surface area contributed by atoms with Crippen LogP contribution in [0.15, 0.2) is 36.9 Å². The van der Waals surface area contributed by atoms with Crippen LogP contribution in [0.3, 0.4) is 0 Å². The van der Waals surface area contributed by atoms with Crippen molar-refractivity contribution in [2.24, 2.45) is 0 Å². The number of aromatic amines is 1. The molecule has 2 rings (SSSR count). The third-order valence-electron chi connectivity index (χ3n) is 2.33. The summed E-state index contributed by atoms with van der Waals surface area (Å²) in [7, 11) is 1.27. The maximum Gasteiger partial charge on any atom is 0.338 e. The molecule has 5 heteroatoms. The lowest BCUT2D eigenvalue weighted by Gasteiger charge is -2.04. The number of carbonyl (C=O) groups excluding carboxylic acids is 2. The van der Waals surface area contributed by atoms with Crippen molar-refractivity contribution in [3.05, 3.63) is 53.6 Å². The fourth-order valence-corrected chi connectivity index (χ4v) is 1.48. The van der Waals surface area contributed by atoms with Crippen LogP contribution in [-0.4, -0.2) is 28.8 Å². The lowest BCUT2D eigenvalue weighted by atomic mass is 10.0. The van der Waals surface area contributed by atoms with Crippen molar-refractivity contribution in [1.29, 1.82) is 0 Å². The predicted molar refractivity (Wildman–Crippen MR) is 59.8 cm³/mol. The zero-order valence-corrected chi connectivity index (χ0v) is 9.14. The molecule has 1 N–H and O–H groups in total. The average molecular weight is 230 g/mol. The summed E-state index contributed by atoms with van der Waals surface area (Å²) in [4.78, 5) is 30.2. The molecule has 0 atom stereocenters. The van der Waals surface area contributed by atoms with E-state index in [1.54, 1.807) is 18.5 Å². The van der Waals surface area contributed by atoms with Gasteiger partial charge in [0, 0.05) is 30.4 Å². The lowest BCUT2D eigenvalue weighted by molar-refractivity contribution is 0.0597. The molecule has 2 heterocycles. The molecule has 0 unspecified atom stereocenters. The fourth-order valence-electron chi connectivity index (χ4n) is 1.48. The number of aromatic nitrogens is 2. The highest BCUT2D eigenvalue weighted by Crippen LogP contribution is 2.14. The number of rotatable bonds is 3. The average Bonchev–Trinajstić information content (AvgIpc) is 2.91. The molecule has 0 saturated carbocycles. The Labute approximate surface area is 97.4 Å². The van der Waals surface area contributed by atoms with Gasteiger partial charge in [0.1, 0.15) is 0 Å². The summed E-state index contributed by atoms with van der Waals surface area (Å²) < 4.78 is 4.62. The zero-order valence-electron chi connectivity index (χ0n) is 9.14. The Bertz CT molecular complexity index is 547. The van der Waals surface area contributed by atoms with Gasteiger partial charge < -0.3 is 9.72 Å².